The van der Waals surface area contributed by atoms with Gasteiger partial charge in [-0.2, -0.15) is 0 Å². The SMILES string of the molecule is COC(=O)CS(=O)(=O)CC(=O)Nc1ccc(OC)cc1N. The number of sulfone groups is 1. The molecule has 0 atom stereocenters. The zero-order valence-corrected chi connectivity index (χ0v) is 12.4. The Hall–Kier alpha value is -2.29. The Morgan fingerprint density at radius 1 is 1.24 bits per heavy atom. The number of benzene rings is 1. The largest absolute Gasteiger partial charge is 0.497 e. The number of nitrogens with one attached hydrogen (secondary N) is 1. The third-order valence-corrected chi connectivity index (χ3v) is 3.83. The zero-order chi connectivity index (χ0) is 16.0. The smallest absolute Gasteiger partial charge is 0.320 e. The number of carbonyl (C=O) groups excluding carboxylic acids is 2. The second-order valence-electron chi connectivity index (χ2n) is 4.11. The summed E-state index contributed by atoms with van der Waals surface area (Å²) >= 11 is 0. The van der Waals surface area contributed by atoms with Crippen LogP contribution in [0.1, 0.15) is 0 Å². The van der Waals surface area contributed by atoms with Crippen molar-refractivity contribution < 1.29 is 27.5 Å². The van der Waals surface area contributed by atoms with Crippen molar-refractivity contribution in [1.29, 1.82) is 0 Å². The normalized spacial score (nSPS) is 10.8. The molecule has 0 aromatic heterocycles. The summed E-state index contributed by atoms with van der Waals surface area (Å²) in [5.74, 6) is -2.91. The molecule has 0 spiro atoms. The quantitative estimate of drug-likeness (QED) is 0.550. The lowest BCUT2D eigenvalue weighted by Gasteiger charge is -2.09. The summed E-state index contributed by atoms with van der Waals surface area (Å²) in [6, 6.07) is 4.53. The van der Waals surface area contributed by atoms with Crippen LogP contribution in [0, 0.1) is 0 Å². The molecule has 0 bridgehead atoms. The predicted molar refractivity (Wildman–Crippen MR) is 76.7 cm³/mol. The Morgan fingerprint density at radius 3 is 2.43 bits per heavy atom. The average molecular weight is 316 g/mol. The molecule has 0 aliphatic rings. The fraction of sp³-hybridized carbons (Fsp3) is 0.333. The lowest BCUT2D eigenvalue weighted by molar-refractivity contribution is -0.137. The monoisotopic (exact) mass is 316 g/mol. The van der Waals surface area contributed by atoms with Gasteiger partial charge in [0.1, 0.15) is 17.3 Å². The van der Waals surface area contributed by atoms with Gasteiger partial charge in [0.05, 0.1) is 25.6 Å². The van der Waals surface area contributed by atoms with Gasteiger partial charge in [0.15, 0.2) is 9.84 Å². The van der Waals surface area contributed by atoms with Crippen LogP contribution in [0.4, 0.5) is 11.4 Å². The van der Waals surface area contributed by atoms with Crippen LogP contribution in [0.3, 0.4) is 0 Å². The third kappa shape index (κ3) is 5.30. The molecule has 0 fully saturated rings. The highest BCUT2D eigenvalue weighted by atomic mass is 32.2. The highest BCUT2D eigenvalue weighted by Gasteiger charge is 2.21. The molecule has 0 aliphatic carbocycles. The van der Waals surface area contributed by atoms with Crippen molar-refractivity contribution in [2.24, 2.45) is 0 Å². The van der Waals surface area contributed by atoms with E-state index in [0.717, 1.165) is 7.11 Å². The zero-order valence-electron chi connectivity index (χ0n) is 11.6. The van der Waals surface area contributed by atoms with Gasteiger partial charge >= 0.3 is 5.97 Å². The molecule has 9 heteroatoms. The van der Waals surface area contributed by atoms with Gasteiger partial charge < -0.3 is 20.5 Å². The van der Waals surface area contributed by atoms with E-state index in [-0.39, 0.29) is 11.4 Å². The van der Waals surface area contributed by atoms with Crippen molar-refractivity contribution >= 4 is 33.1 Å². The van der Waals surface area contributed by atoms with Gasteiger partial charge in [-0.3, -0.25) is 9.59 Å². The molecule has 0 saturated heterocycles. The van der Waals surface area contributed by atoms with Gasteiger partial charge in [-0.05, 0) is 12.1 Å². The number of nitrogen functional groups attached to an aromatic ring is 1. The van der Waals surface area contributed by atoms with Crippen molar-refractivity contribution in [2.75, 3.05) is 36.8 Å². The lowest BCUT2D eigenvalue weighted by Crippen LogP contribution is -2.28. The van der Waals surface area contributed by atoms with Crippen molar-refractivity contribution in [3.63, 3.8) is 0 Å². The first-order valence-electron chi connectivity index (χ1n) is 5.78. The number of methoxy groups -OCH3 is 2. The van der Waals surface area contributed by atoms with Gasteiger partial charge in [0.2, 0.25) is 5.91 Å². The maximum absolute atomic E-state index is 11.7. The van der Waals surface area contributed by atoms with Gasteiger partial charge in [-0.25, -0.2) is 8.42 Å². The van der Waals surface area contributed by atoms with E-state index in [1.54, 1.807) is 6.07 Å². The van der Waals surface area contributed by atoms with Crippen molar-refractivity contribution in [1.82, 2.24) is 0 Å². The first-order chi connectivity index (χ1) is 9.77. The number of amides is 1. The minimum Gasteiger partial charge on any atom is -0.497 e. The average Bonchev–Trinajstić information content (AvgIpc) is 2.39. The van der Waals surface area contributed by atoms with E-state index in [9.17, 15) is 18.0 Å². The Balaban J connectivity index is 2.72. The minimum atomic E-state index is -3.89. The van der Waals surface area contributed by atoms with E-state index in [1.165, 1.54) is 19.2 Å². The first kappa shape index (κ1) is 16.8. The summed E-state index contributed by atoms with van der Waals surface area (Å²) in [6.07, 6.45) is 0. The highest BCUT2D eigenvalue weighted by molar-refractivity contribution is 7.92. The summed E-state index contributed by atoms with van der Waals surface area (Å²) in [5.41, 5.74) is 6.18. The third-order valence-electron chi connectivity index (χ3n) is 2.45. The minimum absolute atomic E-state index is 0.230. The Labute approximate surface area is 122 Å². The molecule has 1 aromatic rings. The lowest BCUT2D eigenvalue weighted by atomic mass is 10.2. The van der Waals surface area contributed by atoms with Crippen LogP contribution < -0.4 is 15.8 Å². The Morgan fingerprint density at radius 2 is 1.90 bits per heavy atom. The van der Waals surface area contributed by atoms with Gasteiger partial charge in [-0.1, -0.05) is 0 Å². The van der Waals surface area contributed by atoms with Crippen LogP contribution in [0.15, 0.2) is 18.2 Å². The molecular weight excluding hydrogens is 300 g/mol. The molecule has 0 saturated carbocycles. The van der Waals surface area contributed by atoms with E-state index < -0.39 is 33.2 Å². The van der Waals surface area contributed by atoms with Crippen LogP contribution in [-0.4, -0.2) is 46.0 Å². The van der Waals surface area contributed by atoms with Crippen LogP contribution in [0.5, 0.6) is 5.75 Å². The Bertz CT molecular complexity index is 641. The Kier molecular flexibility index (Phi) is 5.53. The van der Waals surface area contributed by atoms with E-state index in [2.05, 4.69) is 10.1 Å². The van der Waals surface area contributed by atoms with E-state index in [0.29, 0.717) is 5.75 Å². The van der Waals surface area contributed by atoms with E-state index in [4.69, 9.17) is 10.5 Å². The second kappa shape index (κ2) is 6.93. The maximum Gasteiger partial charge on any atom is 0.320 e. The topological polar surface area (TPSA) is 125 Å². The van der Waals surface area contributed by atoms with E-state index >= 15 is 0 Å². The number of anilines is 2. The second-order valence-corrected chi connectivity index (χ2v) is 6.17. The molecule has 0 radical (unpaired) electrons. The summed E-state index contributed by atoms with van der Waals surface area (Å²) in [7, 11) is -1.36. The molecule has 0 aliphatic heterocycles. The van der Waals surface area contributed by atoms with Crippen molar-refractivity contribution in [3.05, 3.63) is 18.2 Å². The molecule has 0 unspecified atom stereocenters. The summed E-state index contributed by atoms with van der Waals surface area (Å²) in [6.45, 7) is 0. The fourth-order valence-corrected chi connectivity index (χ4v) is 2.51. The van der Waals surface area contributed by atoms with Crippen LogP contribution in [0.25, 0.3) is 0 Å². The number of hydrogen-bond donors (Lipinski definition) is 2. The predicted octanol–water partition coefficient (Wildman–Crippen LogP) is -0.196. The van der Waals surface area contributed by atoms with Gasteiger partial charge in [0, 0.05) is 6.07 Å². The van der Waals surface area contributed by atoms with Gasteiger partial charge in [-0.15, -0.1) is 0 Å². The fourth-order valence-electron chi connectivity index (χ4n) is 1.46. The number of esters is 1. The molecule has 0 heterocycles. The van der Waals surface area contributed by atoms with E-state index in [1.807, 2.05) is 0 Å². The number of ether oxygens (including phenoxy) is 2. The van der Waals surface area contributed by atoms with Crippen molar-refractivity contribution in [3.8, 4) is 5.75 Å². The van der Waals surface area contributed by atoms with Crippen LogP contribution in [-0.2, 0) is 24.2 Å². The number of carbonyl (C=O) groups is 2. The molecule has 1 rings (SSSR count). The summed E-state index contributed by atoms with van der Waals surface area (Å²) < 4.78 is 32.3. The maximum atomic E-state index is 11.7. The van der Waals surface area contributed by atoms with Gasteiger partial charge in [0.25, 0.3) is 0 Å². The summed E-state index contributed by atoms with van der Waals surface area (Å²) in [4.78, 5) is 22.6. The standard InChI is InChI=1S/C12H16N2O6S/c1-19-8-3-4-10(9(13)5-8)14-11(15)6-21(17,18)7-12(16)20-2/h3-5H,6-7,13H2,1-2H3,(H,14,15). The molecule has 21 heavy (non-hydrogen) atoms. The molecule has 1 aromatic carbocycles. The molecule has 116 valence electrons. The molecule has 1 amide bonds. The molecule has 3 N–H and O–H groups in total. The van der Waals surface area contributed by atoms with Crippen LogP contribution >= 0.6 is 0 Å². The van der Waals surface area contributed by atoms with Crippen molar-refractivity contribution in [2.45, 2.75) is 0 Å². The summed E-state index contributed by atoms with van der Waals surface area (Å²) in [5, 5.41) is 2.36. The molecular formula is C12H16N2O6S. The first-order valence-corrected chi connectivity index (χ1v) is 7.60. The number of hydrogen-bond acceptors (Lipinski definition) is 7. The highest BCUT2D eigenvalue weighted by Crippen LogP contribution is 2.23. The molecule has 8 nitrogen and oxygen atoms in total. The number of rotatable bonds is 6. The number of nitrogens with two attached hydrogens (primary N) is 1. The van der Waals surface area contributed by atoms with Crippen LogP contribution in [0.2, 0.25) is 0 Å².